The van der Waals surface area contributed by atoms with Gasteiger partial charge in [-0.1, -0.05) is 12.1 Å². The van der Waals surface area contributed by atoms with E-state index in [4.69, 9.17) is 4.74 Å². The lowest BCUT2D eigenvalue weighted by molar-refractivity contribution is -0.116. The van der Waals surface area contributed by atoms with Gasteiger partial charge in [0.25, 0.3) is 11.8 Å². The van der Waals surface area contributed by atoms with E-state index in [-0.39, 0.29) is 25.4 Å². The molecule has 3 N–H and O–H groups in total. The topological polar surface area (TPSA) is 134 Å². The van der Waals surface area contributed by atoms with Gasteiger partial charge < -0.3 is 20.7 Å². The molecule has 1 heterocycles. The summed E-state index contributed by atoms with van der Waals surface area (Å²) in [6, 6.07) is 12.9. The number of anilines is 2. The summed E-state index contributed by atoms with van der Waals surface area (Å²) in [5, 5.41) is 7.67. The lowest BCUT2D eigenvalue weighted by atomic mass is 10.1. The van der Waals surface area contributed by atoms with Crippen LogP contribution in [-0.4, -0.2) is 53.3 Å². The Bertz CT molecular complexity index is 1090. The quantitative estimate of drug-likeness (QED) is 0.537. The molecule has 5 amide bonds. The molecule has 0 spiro atoms. The van der Waals surface area contributed by atoms with E-state index in [2.05, 4.69) is 16.0 Å². The number of carbonyl (C=O) groups is 5. The highest BCUT2D eigenvalue weighted by Crippen LogP contribution is 2.22. The molecule has 0 aromatic heterocycles. The first kappa shape index (κ1) is 24.4. The van der Waals surface area contributed by atoms with Gasteiger partial charge in [-0.2, -0.15) is 0 Å². The first-order valence-corrected chi connectivity index (χ1v) is 10.7. The van der Waals surface area contributed by atoms with Gasteiger partial charge in [0.1, 0.15) is 12.1 Å². The van der Waals surface area contributed by atoms with Gasteiger partial charge >= 0.3 is 6.09 Å². The van der Waals surface area contributed by atoms with Crippen LogP contribution in [0.4, 0.5) is 16.2 Å². The molecule has 0 atom stereocenters. The van der Waals surface area contributed by atoms with Gasteiger partial charge in [0.2, 0.25) is 11.8 Å². The van der Waals surface area contributed by atoms with Gasteiger partial charge in [-0.25, -0.2) is 4.79 Å². The van der Waals surface area contributed by atoms with E-state index in [0.29, 0.717) is 22.5 Å². The number of nitrogens with zero attached hydrogens (tertiary/aromatic N) is 1. The minimum absolute atomic E-state index is 0.0308. The molecule has 0 saturated carbocycles. The maximum absolute atomic E-state index is 12.4. The first-order valence-electron chi connectivity index (χ1n) is 10.7. The summed E-state index contributed by atoms with van der Waals surface area (Å²) < 4.78 is 5.06. The van der Waals surface area contributed by atoms with Crippen molar-refractivity contribution in [1.82, 2.24) is 10.2 Å². The van der Waals surface area contributed by atoms with Crippen LogP contribution < -0.4 is 16.0 Å². The number of hydrogen-bond donors (Lipinski definition) is 3. The molecule has 0 radical (unpaired) electrons. The third-order valence-corrected chi connectivity index (χ3v) is 4.69. The molecule has 10 nitrogen and oxygen atoms in total. The molecule has 10 heteroatoms. The summed E-state index contributed by atoms with van der Waals surface area (Å²) in [5.74, 6) is -1.62. The van der Waals surface area contributed by atoms with Crippen LogP contribution in [0.1, 0.15) is 47.9 Å². The van der Waals surface area contributed by atoms with Gasteiger partial charge in [0.15, 0.2) is 0 Å². The lowest BCUT2D eigenvalue weighted by Gasteiger charge is -2.19. The van der Waals surface area contributed by atoms with Crippen LogP contribution in [0.3, 0.4) is 0 Å². The van der Waals surface area contributed by atoms with Gasteiger partial charge in [0, 0.05) is 24.3 Å². The number of benzene rings is 2. The van der Waals surface area contributed by atoms with Crippen LogP contribution >= 0.6 is 0 Å². The number of ether oxygens (including phenoxy) is 1. The highest BCUT2D eigenvalue weighted by atomic mass is 16.6. The second-order valence-electron chi connectivity index (χ2n) is 8.59. The zero-order valence-corrected chi connectivity index (χ0v) is 19.1. The zero-order valence-electron chi connectivity index (χ0n) is 19.1. The molecule has 1 aliphatic heterocycles. The fourth-order valence-corrected chi connectivity index (χ4v) is 3.19. The average molecular weight is 466 g/mol. The molecular formula is C24H26N4O6. The normalized spacial score (nSPS) is 12.7. The molecule has 3 rings (SSSR count). The van der Waals surface area contributed by atoms with E-state index in [1.165, 1.54) is 0 Å². The van der Waals surface area contributed by atoms with Crippen LogP contribution in [0.15, 0.2) is 48.5 Å². The van der Waals surface area contributed by atoms with E-state index >= 15 is 0 Å². The molecule has 2 aromatic carbocycles. The number of rotatable bonds is 7. The Morgan fingerprint density at radius 3 is 1.82 bits per heavy atom. The van der Waals surface area contributed by atoms with Gasteiger partial charge in [-0.3, -0.25) is 24.1 Å². The number of nitrogens with one attached hydrogen (secondary N) is 3. The third-order valence-electron chi connectivity index (χ3n) is 4.69. The predicted octanol–water partition coefficient (Wildman–Crippen LogP) is 2.77. The summed E-state index contributed by atoms with van der Waals surface area (Å²) in [5.41, 5.74) is 0.974. The first-order chi connectivity index (χ1) is 16.0. The number of hydrogen-bond acceptors (Lipinski definition) is 6. The standard InChI is InChI=1S/C24H26N4O6/c1-24(2,3)34-23(33)25-14-20(30)27-16-10-8-15(9-11-16)26-19(29)12-13-28-21(31)17-6-4-5-7-18(17)22(28)32/h4-11H,12-14H2,1-3H3,(H,25,33)(H,26,29)(H,27,30). The molecule has 2 aromatic rings. The van der Waals surface area contributed by atoms with Crippen molar-refractivity contribution in [1.29, 1.82) is 0 Å². The third kappa shape index (κ3) is 6.41. The summed E-state index contributed by atoms with van der Waals surface area (Å²) in [6.07, 6.45) is -0.748. The van der Waals surface area contributed by atoms with Crippen LogP contribution in [0, 0.1) is 0 Å². The lowest BCUT2D eigenvalue weighted by Crippen LogP contribution is -2.37. The Labute approximate surface area is 196 Å². The Kier molecular flexibility index (Phi) is 7.30. The zero-order chi connectivity index (χ0) is 24.9. The molecule has 0 saturated heterocycles. The summed E-state index contributed by atoms with van der Waals surface area (Å²) in [6.45, 7) is 4.87. The largest absolute Gasteiger partial charge is 0.444 e. The highest BCUT2D eigenvalue weighted by Gasteiger charge is 2.34. The van der Waals surface area contributed by atoms with Crippen molar-refractivity contribution < 1.29 is 28.7 Å². The summed E-state index contributed by atoms with van der Waals surface area (Å²) in [7, 11) is 0. The number of amides is 5. The Morgan fingerprint density at radius 1 is 0.824 bits per heavy atom. The van der Waals surface area contributed by atoms with Gasteiger partial charge in [-0.15, -0.1) is 0 Å². The number of alkyl carbamates (subject to hydrolysis) is 1. The smallest absolute Gasteiger partial charge is 0.408 e. The van der Waals surface area contributed by atoms with E-state index in [9.17, 15) is 24.0 Å². The molecule has 0 bridgehead atoms. The highest BCUT2D eigenvalue weighted by molar-refractivity contribution is 6.21. The van der Waals surface area contributed by atoms with E-state index in [1.807, 2.05) is 0 Å². The van der Waals surface area contributed by atoms with E-state index in [1.54, 1.807) is 69.3 Å². The maximum atomic E-state index is 12.4. The van der Waals surface area contributed by atoms with Crippen molar-refractivity contribution >= 4 is 41.1 Å². The van der Waals surface area contributed by atoms with Crippen molar-refractivity contribution in [2.75, 3.05) is 23.7 Å². The summed E-state index contributed by atoms with van der Waals surface area (Å²) in [4.78, 5) is 61.6. The number of fused-ring (bicyclic) bond motifs is 1. The van der Waals surface area contributed by atoms with Crippen molar-refractivity contribution in [3.8, 4) is 0 Å². The monoisotopic (exact) mass is 466 g/mol. The van der Waals surface area contributed by atoms with Crippen molar-refractivity contribution in [3.05, 3.63) is 59.7 Å². The van der Waals surface area contributed by atoms with Gasteiger partial charge in [-0.05, 0) is 57.2 Å². The minimum atomic E-state index is -0.693. The molecular weight excluding hydrogens is 440 g/mol. The van der Waals surface area contributed by atoms with Crippen molar-refractivity contribution in [3.63, 3.8) is 0 Å². The number of carbonyl (C=O) groups excluding carboxylic acids is 5. The Balaban J connectivity index is 1.43. The van der Waals surface area contributed by atoms with E-state index < -0.39 is 29.4 Å². The Morgan fingerprint density at radius 2 is 1.32 bits per heavy atom. The SMILES string of the molecule is CC(C)(C)OC(=O)NCC(=O)Nc1ccc(NC(=O)CCN2C(=O)c3ccccc3C2=O)cc1. The molecule has 0 aliphatic carbocycles. The van der Waals surface area contributed by atoms with Crippen LogP contribution in [0.25, 0.3) is 0 Å². The van der Waals surface area contributed by atoms with E-state index in [0.717, 1.165) is 4.90 Å². The average Bonchev–Trinajstić information content (AvgIpc) is 3.01. The van der Waals surface area contributed by atoms with Crippen molar-refractivity contribution in [2.24, 2.45) is 0 Å². The maximum Gasteiger partial charge on any atom is 0.408 e. The fourth-order valence-electron chi connectivity index (χ4n) is 3.19. The predicted molar refractivity (Wildman–Crippen MR) is 124 cm³/mol. The van der Waals surface area contributed by atoms with Crippen LogP contribution in [0.2, 0.25) is 0 Å². The van der Waals surface area contributed by atoms with Gasteiger partial charge in [0.05, 0.1) is 11.1 Å². The molecule has 0 fully saturated rings. The van der Waals surface area contributed by atoms with Crippen LogP contribution in [0.5, 0.6) is 0 Å². The molecule has 178 valence electrons. The fraction of sp³-hybridized carbons (Fsp3) is 0.292. The molecule has 34 heavy (non-hydrogen) atoms. The second kappa shape index (κ2) is 10.2. The minimum Gasteiger partial charge on any atom is -0.444 e. The van der Waals surface area contributed by atoms with Crippen molar-refractivity contribution in [2.45, 2.75) is 32.8 Å². The summed E-state index contributed by atoms with van der Waals surface area (Å²) >= 11 is 0. The van der Waals surface area contributed by atoms with Crippen LogP contribution in [-0.2, 0) is 14.3 Å². The Hall–Kier alpha value is -4.21. The number of imide groups is 1. The second-order valence-corrected chi connectivity index (χ2v) is 8.59. The molecule has 0 unspecified atom stereocenters. The molecule has 1 aliphatic rings.